The van der Waals surface area contributed by atoms with Crippen molar-refractivity contribution in [3.8, 4) is 17.4 Å². The zero-order valence-electron chi connectivity index (χ0n) is 13.3. The van der Waals surface area contributed by atoms with E-state index in [4.69, 9.17) is 13.7 Å². The molecule has 24 heavy (non-hydrogen) atoms. The molecule has 0 aromatic carbocycles. The van der Waals surface area contributed by atoms with Crippen molar-refractivity contribution in [3.05, 3.63) is 42.7 Å². The standard InChI is InChI=1S/C16H18N4O4/c1-2-14-17-7-9-20(14)8-4-6-18-16(21)23-15-11-13(24-19-15)12-5-3-10-22-12/h3,5,7,9-11H,2,4,6,8H2,1H3,(H,18,21). The molecule has 0 unspecified atom stereocenters. The maximum atomic E-state index is 11.7. The average molecular weight is 330 g/mol. The molecule has 0 aliphatic carbocycles. The highest BCUT2D eigenvalue weighted by atomic mass is 16.6. The third-order valence-corrected chi connectivity index (χ3v) is 3.41. The molecule has 1 amide bonds. The Balaban J connectivity index is 1.41. The molecule has 0 spiro atoms. The van der Waals surface area contributed by atoms with E-state index in [-0.39, 0.29) is 5.88 Å². The third kappa shape index (κ3) is 3.83. The van der Waals surface area contributed by atoms with E-state index in [2.05, 4.69) is 26.9 Å². The lowest BCUT2D eigenvalue weighted by atomic mass is 10.3. The van der Waals surface area contributed by atoms with Crippen molar-refractivity contribution in [3.63, 3.8) is 0 Å². The van der Waals surface area contributed by atoms with Crippen LogP contribution < -0.4 is 10.1 Å². The summed E-state index contributed by atoms with van der Waals surface area (Å²) in [6.45, 7) is 3.34. The first-order valence-electron chi connectivity index (χ1n) is 7.72. The molecular formula is C16H18N4O4. The van der Waals surface area contributed by atoms with Gasteiger partial charge in [-0.2, -0.15) is 0 Å². The van der Waals surface area contributed by atoms with Gasteiger partial charge < -0.3 is 23.6 Å². The first-order chi connectivity index (χ1) is 11.8. The van der Waals surface area contributed by atoms with E-state index >= 15 is 0 Å². The zero-order valence-corrected chi connectivity index (χ0v) is 13.3. The lowest BCUT2D eigenvalue weighted by molar-refractivity contribution is 0.195. The van der Waals surface area contributed by atoms with Crippen molar-refractivity contribution < 1.29 is 18.5 Å². The van der Waals surface area contributed by atoms with Crippen LogP contribution in [-0.2, 0) is 13.0 Å². The summed E-state index contributed by atoms with van der Waals surface area (Å²) in [5.41, 5.74) is 0. The van der Waals surface area contributed by atoms with Crippen LogP contribution in [0.25, 0.3) is 11.5 Å². The predicted molar refractivity (Wildman–Crippen MR) is 84.5 cm³/mol. The topological polar surface area (TPSA) is 95.3 Å². The number of hydrogen-bond acceptors (Lipinski definition) is 6. The van der Waals surface area contributed by atoms with E-state index in [0.717, 1.165) is 25.2 Å². The van der Waals surface area contributed by atoms with Gasteiger partial charge in [-0.3, -0.25) is 0 Å². The Labute approximate surface area is 138 Å². The smallest absolute Gasteiger partial charge is 0.414 e. The molecule has 8 heteroatoms. The van der Waals surface area contributed by atoms with E-state index in [1.165, 1.54) is 12.3 Å². The van der Waals surface area contributed by atoms with Crippen molar-refractivity contribution in [2.45, 2.75) is 26.3 Å². The molecule has 3 aromatic heterocycles. The Kier molecular flexibility index (Phi) is 4.95. The fourth-order valence-corrected chi connectivity index (χ4v) is 2.27. The number of ether oxygens (including phenoxy) is 1. The molecule has 0 fully saturated rings. The van der Waals surface area contributed by atoms with E-state index in [0.29, 0.717) is 18.1 Å². The number of carbonyl (C=O) groups is 1. The van der Waals surface area contributed by atoms with Gasteiger partial charge in [-0.05, 0) is 23.7 Å². The van der Waals surface area contributed by atoms with Crippen LogP contribution in [0.3, 0.4) is 0 Å². The van der Waals surface area contributed by atoms with Crippen molar-refractivity contribution >= 4 is 6.09 Å². The van der Waals surface area contributed by atoms with Gasteiger partial charge in [0.25, 0.3) is 5.88 Å². The van der Waals surface area contributed by atoms with E-state index in [9.17, 15) is 4.79 Å². The second kappa shape index (κ2) is 7.49. The second-order valence-electron chi connectivity index (χ2n) is 5.07. The molecule has 0 saturated heterocycles. The van der Waals surface area contributed by atoms with Crippen molar-refractivity contribution in [2.24, 2.45) is 0 Å². The van der Waals surface area contributed by atoms with Crippen LogP contribution in [-0.4, -0.2) is 27.3 Å². The summed E-state index contributed by atoms with van der Waals surface area (Å²) >= 11 is 0. The fourth-order valence-electron chi connectivity index (χ4n) is 2.27. The molecule has 3 heterocycles. The highest BCUT2D eigenvalue weighted by molar-refractivity contribution is 5.70. The molecule has 0 radical (unpaired) electrons. The molecule has 0 aliphatic heterocycles. The summed E-state index contributed by atoms with van der Waals surface area (Å²) in [5, 5.41) is 6.35. The summed E-state index contributed by atoms with van der Waals surface area (Å²) in [6.07, 6.45) is 6.32. The molecule has 0 saturated carbocycles. The molecule has 1 N–H and O–H groups in total. The minimum Gasteiger partial charge on any atom is -0.461 e. The highest BCUT2D eigenvalue weighted by Gasteiger charge is 2.12. The Morgan fingerprint density at radius 2 is 2.33 bits per heavy atom. The summed E-state index contributed by atoms with van der Waals surface area (Å²) < 4.78 is 17.4. The van der Waals surface area contributed by atoms with Gasteiger partial charge in [0.1, 0.15) is 5.82 Å². The lowest BCUT2D eigenvalue weighted by Crippen LogP contribution is -2.28. The maximum absolute atomic E-state index is 11.7. The number of hydrogen-bond donors (Lipinski definition) is 1. The predicted octanol–water partition coefficient (Wildman–Crippen LogP) is 2.87. The molecular weight excluding hydrogens is 312 g/mol. The van der Waals surface area contributed by atoms with Crippen LogP contribution in [0.4, 0.5) is 4.79 Å². The number of imidazole rings is 1. The van der Waals surface area contributed by atoms with Gasteiger partial charge in [0.2, 0.25) is 5.76 Å². The van der Waals surface area contributed by atoms with Crippen LogP contribution in [0.1, 0.15) is 19.2 Å². The monoisotopic (exact) mass is 330 g/mol. The van der Waals surface area contributed by atoms with Crippen LogP contribution in [0.5, 0.6) is 5.88 Å². The number of aromatic nitrogens is 3. The maximum Gasteiger partial charge on any atom is 0.414 e. The zero-order chi connectivity index (χ0) is 16.8. The van der Waals surface area contributed by atoms with Crippen molar-refractivity contribution in [1.82, 2.24) is 20.0 Å². The van der Waals surface area contributed by atoms with E-state index in [1.54, 1.807) is 18.3 Å². The number of furan rings is 1. The molecule has 0 atom stereocenters. The Morgan fingerprint density at radius 3 is 3.12 bits per heavy atom. The first kappa shape index (κ1) is 15.9. The van der Waals surface area contributed by atoms with Crippen LogP contribution >= 0.6 is 0 Å². The number of nitrogens with one attached hydrogen (secondary N) is 1. The lowest BCUT2D eigenvalue weighted by Gasteiger charge is -2.07. The van der Waals surface area contributed by atoms with Crippen LogP contribution in [0, 0.1) is 0 Å². The van der Waals surface area contributed by atoms with Gasteiger partial charge in [0.15, 0.2) is 5.76 Å². The molecule has 3 aromatic rings. The fraction of sp³-hybridized carbons (Fsp3) is 0.312. The minimum absolute atomic E-state index is 0.0850. The highest BCUT2D eigenvalue weighted by Crippen LogP contribution is 2.23. The number of carbonyl (C=O) groups excluding carboxylic acids is 1. The van der Waals surface area contributed by atoms with Gasteiger partial charge in [-0.15, -0.1) is 0 Å². The number of aryl methyl sites for hydroxylation is 2. The van der Waals surface area contributed by atoms with Gasteiger partial charge in [-0.1, -0.05) is 6.92 Å². The molecule has 0 bridgehead atoms. The number of nitrogens with zero attached hydrogens (tertiary/aromatic N) is 3. The molecule has 0 aliphatic rings. The molecule has 126 valence electrons. The summed E-state index contributed by atoms with van der Waals surface area (Å²) in [6, 6.07) is 4.96. The van der Waals surface area contributed by atoms with Crippen LogP contribution in [0.15, 0.2) is 45.8 Å². The third-order valence-electron chi connectivity index (χ3n) is 3.41. The average Bonchev–Trinajstić information content (AvgIpc) is 3.31. The molecule has 8 nitrogen and oxygen atoms in total. The van der Waals surface area contributed by atoms with Gasteiger partial charge in [-0.25, -0.2) is 9.78 Å². The number of rotatable bonds is 7. The number of amides is 1. The second-order valence-corrected chi connectivity index (χ2v) is 5.07. The van der Waals surface area contributed by atoms with Gasteiger partial charge in [0, 0.05) is 31.9 Å². The normalized spacial score (nSPS) is 10.7. The van der Waals surface area contributed by atoms with Gasteiger partial charge >= 0.3 is 6.09 Å². The Hall–Kier alpha value is -3.03. The van der Waals surface area contributed by atoms with Crippen LogP contribution in [0.2, 0.25) is 0 Å². The Morgan fingerprint density at radius 1 is 1.42 bits per heavy atom. The molecule has 3 rings (SSSR count). The SMILES string of the molecule is CCc1nccn1CCCNC(=O)Oc1cc(-c2ccco2)on1. The van der Waals surface area contributed by atoms with E-state index < -0.39 is 6.09 Å². The largest absolute Gasteiger partial charge is 0.461 e. The van der Waals surface area contributed by atoms with Crippen molar-refractivity contribution in [1.29, 1.82) is 0 Å². The summed E-state index contributed by atoms with van der Waals surface area (Å²) in [4.78, 5) is 16.0. The van der Waals surface area contributed by atoms with E-state index in [1.807, 2.05) is 6.20 Å². The minimum atomic E-state index is -0.573. The Bertz CT molecular complexity index is 776. The quantitative estimate of drug-likeness (QED) is 0.669. The summed E-state index contributed by atoms with van der Waals surface area (Å²) in [5.74, 6) is 2.03. The first-order valence-corrected chi connectivity index (χ1v) is 7.72. The van der Waals surface area contributed by atoms with Gasteiger partial charge in [0.05, 0.1) is 12.3 Å². The van der Waals surface area contributed by atoms with Crippen molar-refractivity contribution in [2.75, 3.05) is 6.54 Å². The summed E-state index contributed by atoms with van der Waals surface area (Å²) in [7, 11) is 0.